The van der Waals surface area contributed by atoms with Crippen molar-refractivity contribution in [2.24, 2.45) is 10.2 Å². The van der Waals surface area contributed by atoms with E-state index < -0.39 is 11.8 Å². The van der Waals surface area contributed by atoms with Crippen LogP contribution in [-0.4, -0.2) is 52.7 Å². The standard InChI is InChI=1S/C32H31N5O6/c1-40-27-15-13-21(17-29(27)42-3)19-33-36-31(38)23-9-5-7-11-25(23)35-26-12-8-6-10-24(26)32(39)37-34-20-22-14-16-28(41-2)30(18-22)43-4/h5-20,35H,1-4H3,(H,36,38)(H,37,39)/b33-19+,34-20+. The molecule has 0 aliphatic rings. The average molecular weight is 582 g/mol. The van der Waals surface area contributed by atoms with Gasteiger partial charge in [0.15, 0.2) is 23.0 Å². The maximum atomic E-state index is 13.0. The van der Waals surface area contributed by atoms with Gasteiger partial charge in [0.2, 0.25) is 0 Å². The molecule has 0 aromatic heterocycles. The number of amides is 2. The summed E-state index contributed by atoms with van der Waals surface area (Å²) < 4.78 is 21.1. The number of methoxy groups -OCH3 is 4. The molecule has 2 amide bonds. The van der Waals surface area contributed by atoms with Crippen molar-refractivity contribution in [2.45, 2.75) is 0 Å². The smallest absolute Gasteiger partial charge is 0.273 e. The van der Waals surface area contributed by atoms with Gasteiger partial charge in [0.1, 0.15) is 0 Å². The van der Waals surface area contributed by atoms with E-state index in [1.807, 2.05) is 0 Å². The zero-order chi connectivity index (χ0) is 30.6. The van der Waals surface area contributed by atoms with Gasteiger partial charge in [-0.25, -0.2) is 10.9 Å². The number of anilines is 2. The molecule has 0 saturated heterocycles. The van der Waals surface area contributed by atoms with Crippen molar-refractivity contribution < 1.29 is 28.5 Å². The number of hydrogen-bond acceptors (Lipinski definition) is 9. The molecule has 0 unspecified atom stereocenters. The molecule has 11 heteroatoms. The molecule has 0 saturated carbocycles. The number of hydrazone groups is 2. The van der Waals surface area contributed by atoms with Crippen molar-refractivity contribution in [1.82, 2.24) is 10.9 Å². The molecule has 11 nitrogen and oxygen atoms in total. The SMILES string of the molecule is COc1ccc(/C=N/NC(=O)c2ccccc2Nc2ccccc2C(=O)N/N=C/c2ccc(OC)c(OC)c2)cc1OC. The second-order valence-corrected chi connectivity index (χ2v) is 8.84. The van der Waals surface area contributed by atoms with Gasteiger partial charge in [0, 0.05) is 0 Å². The Kier molecular flexibility index (Phi) is 10.3. The van der Waals surface area contributed by atoms with Gasteiger partial charge in [0.05, 0.1) is 63.4 Å². The first kappa shape index (κ1) is 30.1. The molecule has 0 fully saturated rings. The second-order valence-electron chi connectivity index (χ2n) is 8.84. The van der Waals surface area contributed by atoms with Crippen LogP contribution in [-0.2, 0) is 0 Å². The third-order valence-corrected chi connectivity index (χ3v) is 6.19. The highest BCUT2D eigenvalue weighted by molar-refractivity contribution is 6.03. The molecule has 4 aromatic carbocycles. The Bertz CT molecular complexity index is 1530. The molecule has 4 aromatic rings. The molecule has 3 N–H and O–H groups in total. The van der Waals surface area contributed by atoms with Crippen molar-refractivity contribution in [2.75, 3.05) is 33.8 Å². The number of nitrogens with zero attached hydrogens (tertiary/aromatic N) is 2. The van der Waals surface area contributed by atoms with Crippen molar-refractivity contribution in [3.05, 3.63) is 107 Å². The van der Waals surface area contributed by atoms with Crippen LogP contribution in [0.2, 0.25) is 0 Å². The zero-order valence-corrected chi connectivity index (χ0v) is 24.1. The van der Waals surface area contributed by atoms with Gasteiger partial charge < -0.3 is 24.3 Å². The minimum Gasteiger partial charge on any atom is -0.493 e. The third kappa shape index (κ3) is 7.67. The number of carbonyl (C=O) groups is 2. The Hall–Kier alpha value is -5.84. The van der Waals surface area contributed by atoms with Crippen LogP contribution in [0.15, 0.2) is 95.1 Å². The van der Waals surface area contributed by atoms with Crippen molar-refractivity contribution in [3.63, 3.8) is 0 Å². The van der Waals surface area contributed by atoms with Gasteiger partial charge in [-0.1, -0.05) is 24.3 Å². The summed E-state index contributed by atoms with van der Waals surface area (Å²) in [5.41, 5.74) is 8.11. The highest BCUT2D eigenvalue weighted by Crippen LogP contribution is 2.28. The van der Waals surface area contributed by atoms with E-state index in [1.165, 1.54) is 12.4 Å². The molecule has 0 heterocycles. The lowest BCUT2D eigenvalue weighted by molar-refractivity contribution is 0.0948. The van der Waals surface area contributed by atoms with E-state index in [2.05, 4.69) is 26.4 Å². The lowest BCUT2D eigenvalue weighted by Gasteiger charge is -2.14. The summed E-state index contributed by atoms with van der Waals surface area (Å²) in [6, 6.07) is 24.3. The van der Waals surface area contributed by atoms with Crippen LogP contribution in [0.1, 0.15) is 31.8 Å². The molecule has 220 valence electrons. The van der Waals surface area contributed by atoms with Crippen LogP contribution in [0, 0.1) is 0 Å². The molecule has 0 aliphatic heterocycles. The lowest BCUT2D eigenvalue weighted by atomic mass is 10.1. The second kappa shape index (κ2) is 14.7. The fourth-order valence-corrected chi connectivity index (χ4v) is 4.04. The van der Waals surface area contributed by atoms with Crippen LogP contribution in [0.4, 0.5) is 11.4 Å². The summed E-state index contributed by atoms with van der Waals surface area (Å²) in [4.78, 5) is 26.1. The summed E-state index contributed by atoms with van der Waals surface area (Å²) in [5.74, 6) is 1.37. The number of para-hydroxylation sites is 2. The molecular formula is C32H31N5O6. The number of benzene rings is 4. The maximum Gasteiger partial charge on any atom is 0.273 e. The van der Waals surface area contributed by atoms with Gasteiger partial charge in [-0.05, 0) is 71.8 Å². The minimum absolute atomic E-state index is 0.327. The molecule has 0 bridgehead atoms. The molecular weight excluding hydrogens is 550 g/mol. The maximum absolute atomic E-state index is 13.0. The molecule has 4 rings (SSSR count). The van der Waals surface area contributed by atoms with Crippen LogP contribution >= 0.6 is 0 Å². The number of nitrogens with one attached hydrogen (secondary N) is 3. The van der Waals surface area contributed by atoms with Crippen LogP contribution in [0.25, 0.3) is 0 Å². The quantitative estimate of drug-likeness (QED) is 0.159. The van der Waals surface area contributed by atoms with Gasteiger partial charge in [-0.3, -0.25) is 9.59 Å². The van der Waals surface area contributed by atoms with E-state index in [-0.39, 0.29) is 0 Å². The Balaban J connectivity index is 1.45. The molecule has 43 heavy (non-hydrogen) atoms. The predicted octanol–water partition coefficient (Wildman–Crippen LogP) is 4.99. The normalized spacial score (nSPS) is 10.8. The summed E-state index contributed by atoms with van der Waals surface area (Å²) >= 11 is 0. The van der Waals surface area contributed by atoms with Crippen molar-refractivity contribution in [1.29, 1.82) is 0 Å². The van der Waals surface area contributed by atoms with Crippen molar-refractivity contribution >= 4 is 35.6 Å². The lowest BCUT2D eigenvalue weighted by Crippen LogP contribution is -2.20. The van der Waals surface area contributed by atoms with Crippen LogP contribution < -0.4 is 35.1 Å². The van der Waals surface area contributed by atoms with Gasteiger partial charge >= 0.3 is 0 Å². The molecule has 0 radical (unpaired) electrons. The summed E-state index contributed by atoms with van der Waals surface area (Å²) in [5, 5.41) is 11.3. The van der Waals surface area contributed by atoms with Crippen LogP contribution in [0.5, 0.6) is 23.0 Å². The predicted molar refractivity (Wildman–Crippen MR) is 165 cm³/mol. The van der Waals surface area contributed by atoms with Crippen LogP contribution in [0.3, 0.4) is 0 Å². The van der Waals surface area contributed by atoms with Gasteiger partial charge in [-0.2, -0.15) is 10.2 Å². The number of carbonyl (C=O) groups excluding carboxylic acids is 2. The average Bonchev–Trinajstić information content (AvgIpc) is 3.04. The van der Waals surface area contributed by atoms with E-state index in [9.17, 15) is 9.59 Å². The largest absolute Gasteiger partial charge is 0.493 e. The Morgan fingerprint density at radius 3 is 1.35 bits per heavy atom. The Labute approximate surface area is 249 Å². The first-order valence-corrected chi connectivity index (χ1v) is 13.0. The highest BCUT2D eigenvalue weighted by Gasteiger charge is 2.15. The van der Waals surface area contributed by atoms with Gasteiger partial charge in [0.25, 0.3) is 11.8 Å². The zero-order valence-electron chi connectivity index (χ0n) is 24.1. The first-order chi connectivity index (χ1) is 21.0. The molecule has 0 atom stereocenters. The summed E-state index contributed by atoms with van der Waals surface area (Å²) in [7, 11) is 6.19. The first-order valence-electron chi connectivity index (χ1n) is 13.0. The van der Waals surface area contributed by atoms with E-state index in [4.69, 9.17) is 18.9 Å². The van der Waals surface area contributed by atoms with Crippen molar-refractivity contribution in [3.8, 4) is 23.0 Å². The fraction of sp³-hybridized carbons (Fsp3) is 0.125. The Morgan fingerprint density at radius 2 is 0.953 bits per heavy atom. The molecule has 0 spiro atoms. The highest BCUT2D eigenvalue weighted by atomic mass is 16.5. The topological polar surface area (TPSA) is 132 Å². The fourth-order valence-electron chi connectivity index (χ4n) is 4.04. The summed E-state index contributed by atoms with van der Waals surface area (Å²) in [6.45, 7) is 0. The third-order valence-electron chi connectivity index (χ3n) is 6.19. The monoisotopic (exact) mass is 581 g/mol. The van der Waals surface area contributed by atoms with E-state index >= 15 is 0 Å². The minimum atomic E-state index is -0.443. The Morgan fingerprint density at radius 1 is 0.558 bits per heavy atom. The van der Waals surface area contributed by atoms with E-state index in [0.29, 0.717) is 56.6 Å². The number of rotatable bonds is 12. The molecule has 0 aliphatic carbocycles. The number of hydrogen-bond donors (Lipinski definition) is 3. The summed E-state index contributed by atoms with van der Waals surface area (Å²) in [6.07, 6.45) is 3.00. The van der Waals surface area contributed by atoms with Gasteiger partial charge in [-0.15, -0.1) is 0 Å². The van der Waals surface area contributed by atoms with E-state index in [0.717, 1.165) is 0 Å². The number of ether oxygens (including phenoxy) is 4. The van der Waals surface area contributed by atoms with E-state index in [1.54, 1.807) is 113 Å².